The first-order valence-electron chi connectivity index (χ1n) is 7.43. The van der Waals surface area contributed by atoms with Gasteiger partial charge in [0.1, 0.15) is 5.75 Å². The first kappa shape index (κ1) is 16.8. The van der Waals surface area contributed by atoms with E-state index in [1.165, 1.54) is 4.31 Å². The van der Waals surface area contributed by atoms with Crippen molar-refractivity contribution in [2.45, 2.75) is 38.0 Å². The number of hydrogen-bond donors (Lipinski definition) is 0. The molecule has 0 radical (unpaired) electrons. The van der Waals surface area contributed by atoms with Crippen molar-refractivity contribution in [1.82, 2.24) is 4.31 Å². The molecule has 1 aliphatic carbocycles. The van der Waals surface area contributed by atoms with Crippen molar-refractivity contribution in [3.05, 3.63) is 23.3 Å². The number of benzene rings is 1. The zero-order valence-corrected chi connectivity index (χ0v) is 14.1. The molecule has 0 amide bonds. The van der Waals surface area contributed by atoms with E-state index in [1.807, 2.05) is 13.0 Å². The number of methoxy groups -OCH3 is 1. The largest absolute Gasteiger partial charge is 0.496 e. The first-order valence-corrected chi connectivity index (χ1v) is 8.87. The van der Waals surface area contributed by atoms with Crippen molar-refractivity contribution >= 4 is 10.0 Å². The lowest BCUT2D eigenvalue weighted by molar-refractivity contribution is 0.400. The second-order valence-electron chi connectivity index (χ2n) is 5.73. The molecule has 120 valence electrons. The van der Waals surface area contributed by atoms with Crippen LogP contribution in [0.5, 0.6) is 5.75 Å². The van der Waals surface area contributed by atoms with Gasteiger partial charge in [-0.25, -0.2) is 8.42 Å². The van der Waals surface area contributed by atoms with Gasteiger partial charge in [-0.3, -0.25) is 0 Å². The zero-order chi connectivity index (χ0) is 16.3. The fourth-order valence-electron chi connectivity index (χ4n) is 2.48. The lowest BCUT2D eigenvalue weighted by Gasteiger charge is -2.23. The van der Waals surface area contributed by atoms with Crippen LogP contribution in [0.25, 0.3) is 0 Å². The normalized spacial score (nSPS) is 14.9. The Kier molecular flexibility index (Phi) is 5.09. The molecule has 0 bridgehead atoms. The van der Waals surface area contributed by atoms with Gasteiger partial charge in [-0.05, 0) is 55.9 Å². The Balaban J connectivity index is 2.38. The third kappa shape index (κ3) is 3.42. The molecule has 22 heavy (non-hydrogen) atoms. The van der Waals surface area contributed by atoms with Gasteiger partial charge in [0.2, 0.25) is 10.0 Å². The Morgan fingerprint density at radius 3 is 2.55 bits per heavy atom. The lowest BCUT2D eigenvalue weighted by Crippen LogP contribution is -2.34. The molecular weight excluding hydrogens is 300 g/mol. The number of hydrogen-bond acceptors (Lipinski definition) is 4. The third-order valence-electron chi connectivity index (χ3n) is 4.16. The average Bonchev–Trinajstić information content (AvgIpc) is 3.29. The minimum atomic E-state index is -3.58. The average molecular weight is 322 g/mol. The molecule has 0 atom stereocenters. The van der Waals surface area contributed by atoms with Crippen LogP contribution in [0.1, 0.15) is 30.4 Å². The van der Waals surface area contributed by atoms with E-state index in [0.717, 1.165) is 18.4 Å². The van der Waals surface area contributed by atoms with E-state index < -0.39 is 10.0 Å². The topological polar surface area (TPSA) is 70.4 Å². The highest BCUT2D eigenvalue weighted by Crippen LogP contribution is 2.33. The Morgan fingerprint density at radius 1 is 1.32 bits per heavy atom. The predicted octanol–water partition coefficient (Wildman–Crippen LogP) is 2.63. The molecule has 0 spiro atoms. The summed E-state index contributed by atoms with van der Waals surface area (Å²) in [5.41, 5.74) is 1.53. The fourth-order valence-corrected chi connectivity index (χ4v) is 4.28. The number of rotatable bonds is 7. The van der Waals surface area contributed by atoms with E-state index in [2.05, 4.69) is 0 Å². The number of ether oxygens (including phenoxy) is 1. The minimum Gasteiger partial charge on any atom is -0.496 e. The molecule has 0 unspecified atom stereocenters. The highest BCUT2D eigenvalue weighted by atomic mass is 32.2. The van der Waals surface area contributed by atoms with Crippen molar-refractivity contribution in [2.75, 3.05) is 20.2 Å². The molecule has 1 aliphatic rings. The van der Waals surface area contributed by atoms with E-state index in [0.29, 0.717) is 28.7 Å². The van der Waals surface area contributed by atoms with Crippen LogP contribution < -0.4 is 4.74 Å². The highest BCUT2D eigenvalue weighted by molar-refractivity contribution is 7.89. The lowest BCUT2D eigenvalue weighted by atomic mass is 10.1. The van der Waals surface area contributed by atoms with Gasteiger partial charge in [-0.1, -0.05) is 0 Å². The third-order valence-corrected chi connectivity index (χ3v) is 6.17. The minimum absolute atomic E-state index is 0.208. The van der Waals surface area contributed by atoms with E-state index in [-0.39, 0.29) is 13.0 Å². The van der Waals surface area contributed by atoms with Crippen molar-refractivity contribution < 1.29 is 13.2 Å². The van der Waals surface area contributed by atoms with Gasteiger partial charge in [0.25, 0.3) is 0 Å². The van der Waals surface area contributed by atoms with Crippen molar-refractivity contribution in [1.29, 1.82) is 5.26 Å². The van der Waals surface area contributed by atoms with E-state index in [9.17, 15) is 8.42 Å². The maximum Gasteiger partial charge on any atom is 0.243 e. The molecule has 1 fully saturated rings. The van der Waals surface area contributed by atoms with E-state index in [1.54, 1.807) is 26.2 Å². The SMILES string of the molecule is COc1ccc(S(=O)(=O)N(CCC#N)CC2CC2)c(C)c1C. The van der Waals surface area contributed by atoms with Gasteiger partial charge in [0.05, 0.1) is 18.1 Å². The van der Waals surface area contributed by atoms with Gasteiger partial charge < -0.3 is 4.74 Å². The van der Waals surface area contributed by atoms with Crippen molar-refractivity contribution in [2.24, 2.45) is 5.92 Å². The van der Waals surface area contributed by atoms with E-state index in [4.69, 9.17) is 10.00 Å². The monoisotopic (exact) mass is 322 g/mol. The molecule has 0 heterocycles. The first-order chi connectivity index (χ1) is 10.4. The van der Waals surface area contributed by atoms with Crippen LogP contribution in [0.15, 0.2) is 17.0 Å². The second-order valence-corrected chi connectivity index (χ2v) is 7.64. The smallest absolute Gasteiger partial charge is 0.243 e. The molecular formula is C16H22N2O3S. The van der Waals surface area contributed by atoms with Crippen LogP contribution in [0.2, 0.25) is 0 Å². The Labute approximate surface area is 132 Å². The highest BCUT2D eigenvalue weighted by Gasteiger charge is 2.32. The van der Waals surface area contributed by atoms with E-state index >= 15 is 0 Å². The summed E-state index contributed by atoms with van der Waals surface area (Å²) >= 11 is 0. The maximum absolute atomic E-state index is 12.9. The van der Waals surface area contributed by atoms with Gasteiger partial charge in [-0.15, -0.1) is 0 Å². The summed E-state index contributed by atoms with van der Waals surface area (Å²) in [6.45, 7) is 4.41. The van der Waals surface area contributed by atoms with Gasteiger partial charge in [0.15, 0.2) is 0 Å². The van der Waals surface area contributed by atoms with Crippen LogP contribution in [0.4, 0.5) is 0 Å². The molecule has 0 aromatic heterocycles. The number of nitrogens with zero attached hydrogens (tertiary/aromatic N) is 2. The quantitative estimate of drug-likeness (QED) is 0.774. The molecule has 1 aromatic rings. The van der Waals surface area contributed by atoms with Crippen LogP contribution >= 0.6 is 0 Å². The Hall–Kier alpha value is -1.58. The van der Waals surface area contributed by atoms with Gasteiger partial charge >= 0.3 is 0 Å². The standard InChI is InChI=1S/C16H22N2O3S/c1-12-13(2)16(8-7-15(12)21-3)22(19,20)18(10-4-9-17)11-14-5-6-14/h7-8,14H,4-6,10-11H2,1-3H3. The van der Waals surface area contributed by atoms with Crippen LogP contribution in [0, 0.1) is 31.1 Å². The second kappa shape index (κ2) is 6.67. The van der Waals surface area contributed by atoms with Crippen molar-refractivity contribution in [3.63, 3.8) is 0 Å². The summed E-state index contributed by atoms with van der Waals surface area (Å²) in [6, 6.07) is 5.32. The van der Waals surface area contributed by atoms with Crippen LogP contribution in [-0.2, 0) is 10.0 Å². The Bertz CT molecular complexity index is 688. The van der Waals surface area contributed by atoms with Crippen LogP contribution in [0.3, 0.4) is 0 Å². The summed E-state index contributed by atoms with van der Waals surface area (Å²) in [6.07, 6.45) is 2.35. The zero-order valence-electron chi connectivity index (χ0n) is 13.3. The summed E-state index contributed by atoms with van der Waals surface area (Å²) in [4.78, 5) is 0.310. The summed E-state index contributed by atoms with van der Waals surface area (Å²) in [5.74, 6) is 1.12. The Morgan fingerprint density at radius 2 is 2.00 bits per heavy atom. The molecule has 6 heteroatoms. The fraction of sp³-hybridized carbons (Fsp3) is 0.562. The molecule has 5 nitrogen and oxygen atoms in total. The van der Waals surface area contributed by atoms with Crippen molar-refractivity contribution in [3.8, 4) is 11.8 Å². The summed E-state index contributed by atoms with van der Waals surface area (Å²) in [7, 11) is -2.01. The molecule has 1 aromatic carbocycles. The number of sulfonamides is 1. The van der Waals surface area contributed by atoms with Gasteiger partial charge in [-0.2, -0.15) is 9.57 Å². The van der Waals surface area contributed by atoms with Gasteiger partial charge in [0, 0.05) is 19.5 Å². The predicted molar refractivity (Wildman–Crippen MR) is 84.2 cm³/mol. The van der Waals surface area contributed by atoms with Crippen LogP contribution in [-0.4, -0.2) is 32.9 Å². The molecule has 0 aliphatic heterocycles. The molecule has 0 N–H and O–H groups in total. The molecule has 1 saturated carbocycles. The number of nitriles is 1. The summed E-state index contributed by atoms with van der Waals surface area (Å²) in [5, 5.41) is 8.78. The molecule has 0 saturated heterocycles. The molecule has 2 rings (SSSR count). The maximum atomic E-state index is 12.9. The summed E-state index contributed by atoms with van der Waals surface area (Å²) < 4.78 is 32.6.